The van der Waals surface area contributed by atoms with Gasteiger partial charge in [0.05, 0.1) is 10.6 Å². The lowest BCUT2D eigenvalue weighted by molar-refractivity contribution is 0.0652. The van der Waals surface area contributed by atoms with Gasteiger partial charge in [0.25, 0.3) is 5.91 Å². The van der Waals surface area contributed by atoms with E-state index < -0.39 is 0 Å². The molecule has 0 bridgehead atoms. The topological polar surface area (TPSA) is 45.2 Å². The number of hydrogen-bond acceptors (Lipinski definition) is 3. The summed E-state index contributed by atoms with van der Waals surface area (Å²) in [7, 11) is 0. The molecule has 0 spiro atoms. The maximum Gasteiger partial charge on any atom is 0.255 e. The van der Waals surface area contributed by atoms with E-state index in [1.807, 2.05) is 4.90 Å². The molecule has 0 atom stereocenters. The summed E-state index contributed by atoms with van der Waals surface area (Å²) in [6, 6.07) is 1.67. The van der Waals surface area contributed by atoms with Crippen molar-refractivity contribution < 1.29 is 4.79 Å². The normalized spacial score (nSPS) is 19.1. The van der Waals surface area contributed by atoms with Gasteiger partial charge in [0.15, 0.2) is 0 Å². The minimum atomic E-state index is -0.0482. The van der Waals surface area contributed by atoms with Gasteiger partial charge in [-0.2, -0.15) is 0 Å². The quantitative estimate of drug-likeness (QED) is 0.826. The molecular formula is C12H16ClN3O. The first-order chi connectivity index (χ1) is 7.99. The molecule has 1 fully saturated rings. The molecule has 1 saturated heterocycles. The molecule has 1 aromatic heterocycles. The van der Waals surface area contributed by atoms with Gasteiger partial charge in [-0.25, -0.2) is 0 Å². The van der Waals surface area contributed by atoms with Gasteiger partial charge in [-0.05, 0) is 19.9 Å². The molecule has 1 aliphatic heterocycles. The summed E-state index contributed by atoms with van der Waals surface area (Å²) < 4.78 is 0. The molecule has 92 valence electrons. The molecule has 17 heavy (non-hydrogen) atoms. The largest absolute Gasteiger partial charge is 0.335 e. The first-order valence-corrected chi connectivity index (χ1v) is 6.01. The third kappa shape index (κ3) is 2.76. The van der Waals surface area contributed by atoms with Gasteiger partial charge >= 0.3 is 0 Å². The summed E-state index contributed by atoms with van der Waals surface area (Å²) >= 11 is 5.98. The minimum absolute atomic E-state index is 0.0213. The van der Waals surface area contributed by atoms with Crippen LogP contribution in [-0.4, -0.2) is 41.0 Å². The van der Waals surface area contributed by atoms with Crippen LogP contribution in [-0.2, 0) is 0 Å². The average Bonchev–Trinajstić information content (AvgIpc) is 2.27. The summed E-state index contributed by atoms with van der Waals surface area (Å²) in [6.07, 6.45) is 3.09. The highest BCUT2D eigenvalue weighted by Crippen LogP contribution is 2.18. The number of hydrogen-bond donors (Lipinski definition) is 1. The maximum absolute atomic E-state index is 12.3. The van der Waals surface area contributed by atoms with Crippen LogP contribution >= 0.6 is 11.6 Å². The van der Waals surface area contributed by atoms with Crippen LogP contribution < -0.4 is 5.32 Å². The highest BCUT2D eigenvalue weighted by Gasteiger charge is 2.29. The molecule has 2 heterocycles. The number of nitrogens with one attached hydrogen (secondary N) is 1. The number of rotatable bonds is 1. The molecule has 0 aromatic carbocycles. The van der Waals surface area contributed by atoms with Crippen molar-refractivity contribution in [1.29, 1.82) is 0 Å². The van der Waals surface area contributed by atoms with Gasteiger partial charge < -0.3 is 10.2 Å². The Kier molecular flexibility index (Phi) is 3.35. The Labute approximate surface area is 106 Å². The molecule has 0 saturated carbocycles. The monoisotopic (exact) mass is 253 g/mol. The SMILES string of the molecule is CC1(C)CN(C(=O)c2ccncc2Cl)CCN1. The number of amides is 1. The second-order valence-corrected chi connectivity index (χ2v) is 5.30. The highest BCUT2D eigenvalue weighted by molar-refractivity contribution is 6.33. The Bertz CT molecular complexity index is 434. The third-order valence-corrected chi connectivity index (χ3v) is 3.16. The van der Waals surface area contributed by atoms with E-state index >= 15 is 0 Å². The van der Waals surface area contributed by atoms with Gasteiger partial charge in [0.2, 0.25) is 0 Å². The number of nitrogens with zero attached hydrogens (tertiary/aromatic N) is 2. The number of carbonyl (C=O) groups excluding carboxylic acids is 1. The molecule has 1 aromatic rings. The van der Waals surface area contributed by atoms with Gasteiger partial charge in [-0.1, -0.05) is 11.6 Å². The van der Waals surface area contributed by atoms with Crippen LogP contribution in [0.1, 0.15) is 24.2 Å². The van der Waals surface area contributed by atoms with Gasteiger partial charge in [-0.3, -0.25) is 9.78 Å². The number of piperazine rings is 1. The maximum atomic E-state index is 12.3. The van der Waals surface area contributed by atoms with Crippen LogP contribution in [0.5, 0.6) is 0 Å². The van der Waals surface area contributed by atoms with Crippen molar-refractivity contribution in [2.45, 2.75) is 19.4 Å². The average molecular weight is 254 g/mol. The first-order valence-electron chi connectivity index (χ1n) is 5.63. The highest BCUT2D eigenvalue weighted by atomic mass is 35.5. The van der Waals surface area contributed by atoms with Crippen LogP contribution in [0.15, 0.2) is 18.5 Å². The Morgan fingerprint density at radius 3 is 3.00 bits per heavy atom. The van der Waals surface area contributed by atoms with Crippen LogP contribution in [0.25, 0.3) is 0 Å². The fraction of sp³-hybridized carbons (Fsp3) is 0.500. The van der Waals surface area contributed by atoms with E-state index in [4.69, 9.17) is 11.6 Å². The lowest BCUT2D eigenvalue weighted by Gasteiger charge is -2.39. The Morgan fingerprint density at radius 2 is 2.35 bits per heavy atom. The molecule has 4 nitrogen and oxygen atoms in total. The van der Waals surface area contributed by atoms with E-state index in [0.29, 0.717) is 23.7 Å². The van der Waals surface area contributed by atoms with E-state index in [-0.39, 0.29) is 11.4 Å². The van der Waals surface area contributed by atoms with Crippen molar-refractivity contribution >= 4 is 17.5 Å². The third-order valence-electron chi connectivity index (χ3n) is 2.86. The van der Waals surface area contributed by atoms with Gasteiger partial charge in [-0.15, -0.1) is 0 Å². The van der Waals surface area contributed by atoms with Gasteiger partial charge in [0, 0.05) is 37.6 Å². The van der Waals surface area contributed by atoms with Crippen molar-refractivity contribution in [1.82, 2.24) is 15.2 Å². The number of halogens is 1. The lowest BCUT2D eigenvalue weighted by Crippen LogP contribution is -2.58. The molecule has 0 aliphatic carbocycles. The second kappa shape index (κ2) is 4.63. The summed E-state index contributed by atoms with van der Waals surface area (Å²) in [6.45, 7) is 6.37. The molecule has 1 aliphatic rings. The Balaban J connectivity index is 2.18. The summed E-state index contributed by atoms with van der Waals surface area (Å²) in [4.78, 5) is 18.0. The second-order valence-electron chi connectivity index (χ2n) is 4.89. The molecule has 2 rings (SSSR count). The summed E-state index contributed by atoms with van der Waals surface area (Å²) in [5, 5.41) is 3.78. The number of aromatic nitrogens is 1. The zero-order valence-electron chi connectivity index (χ0n) is 10.0. The van der Waals surface area contributed by atoms with Crippen molar-refractivity contribution in [2.75, 3.05) is 19.6 Å². The van der Waals surface area contributed by atoms with E-state index in [2.05, 4.69) is 24.1 Å². The molecule has 0 radical (unpaired) electrons. The minimum Gasteiger partial charge on any atom is -0.335 e. The van der Waals surface area contributed by atoms with E-state index in [0.717, 1.165) is 6.54 Å². The smallest absolute Gasteiger partial charge is 0.255 e. The predicted molar refractivity (Wildman–Crippen MR) is 67.2 cm³/mol. The molecule has 5 heteroatoms. The van der Waals surface area contributed by atoms with Crippen molar-refractivity contribution in [3.63, 3.8) is 0 Å². The molecule has 0 unspecified atom stereocenters. The van der Waals surface area contributed by atoms with Crippen LogP contribution in [0.3, 0.4) is 0 Å². The fourth-order valence-electron chi connectivity index (χ4n) is 2.03. The van der Waals surface area contributed by atoms with E-state index in [1.54, 1.807) is 12.3 Å². The van der Waals surface area contributed by atoms with Crippen LogP contribution in [0.4, 0.5) is 0 Å². The van der Waals surface area contributed by atoms with Crippen LogP contribution in [0, 0.1) is 0 Å². The Hall–Kier alpha value is -1.13. The molecular weight excluding hydrogens is 238 g/mol. The standard InChI is InChI=1S/C12H16ClN3O/c1-12(2)8-16(6-5-15-12)11(17)9-3-4-14-7-10(9)13/h3-4,7,15H,5-6,8H2,1-2H3. The summed E-state index contributed by atoms with van der Waals surface area (Å²) in [5.74, 6) is -0.0213. The van der Waals surface area contributed by atoms with Crippen molar-refractivity contribution in [3.05, 3.63) is 29.0 Å². The number of pyridine rings is 1. The zero-order chi connectivity index (χ0) is 12.5. The Morgan fingerprint density at radius 1 is 1.59 bits per heavy atom. The van der Waals surface area contributed by atoms with Crippen molar-refractivity contribution in [3.8, 4) is 0 Å². The summed E-state index contributed by atoms with van der Waals surface area (Å²) in [5.41, 5.74) is 0.479. The fourth-order valence-corrected chi connectivity index (χ4v) is 2.23. The predicted octanol–water partition coefficient (Wildman–Crippen LogP) is 1.56. The molecule has 1 amide bonds. The zero-order valence-corrected chi connectivity index (χ0v) is 10.8. The molecule has 1 N–H and O–H groups in total. The van der Waals surface area contributed by atoms with E-state index in [9.17, 15) is 4.79 Å². The number of carbonyl (C=O) groups is 1. The van der Waals surface area contributed by atoms with Crippen LogP contribution in [0.2, 0.25) is 5.02 Å². The lowest BCUT2D eigenvalue weighted by atomic mass is 10.0. The van der Waals surface area contributed by atoms with E-state index in [1.165, 1.54) is 6.20 Å². The van der Waals surface area contributed by atoms with Gasteiger partial charge in [0.1, 0.15) is 0 Å². The first kappa shape index (κ1) is 12.3. The van der Waals surface area contributed by atoms with Crippen molar-refractivity contribution in [2.24, 2.45) is 0 Å².